The number of carbonyl (C=O) groups excluding carboxylic acids is 1. The Hall–Kier alpha value is -2.40. The van der Waals surface area contributed by atoms with Crippen LogP contribution in [0.5, 0.6) is 0 Å². The summed E-state index contributed by atoms with van der Waals surface area (Å²) in [6, 6.07) is 9.60. The molecule has 32 heavy (non-hydrogen) atoms. The van der Waals surface area contributed by atoms with Gasteiger partial charge >= 0.3 is 7.82 Å². The number of rotatable bonds is 12. The first-order chi connectivity index (χ1) is 15.2. The molecule has 0 saturated carbocycles. The third kappa shape index (κ3) is 8.99. The Morgan fingerprint density at radius 1 is 1.31 bits per heavy atom. The maximum absolute atomic E-state index is 11.8. The van der Waals surface area contributed by atoms with Gasteiger partial charge < -0.3 is 25.2 Å². The first-order valence-corrected chi connectivity index (χ1v) is 12.1. The number of thiol groups is 1. The first kappa shape index (κ1) is 25.9. The number of nitrogen functional groups attached to an aromatic ring is 1. The average molecular weight is 482 g/mol. The van der Waals surface area contributed by atoms with Crippen molar-refractivity contribution in [2.45, 2.75) is 33.4 Å². The van der Waals surface area contributed by atoms with E-state index in [9.17, 15) is 9.36 Å². The summed E-state index contributed by atoms with van der Waals surface area (Å²) in [4.78, 5) is 40.0. The van der Waals surface area contributed by atoms with Gasteiger partial charge in [0.2, 0.25) is 6.41 Å². The normalized spacial score (nSPS) is 12.9. The van der Waals surface area contributed by atoms with Crippen molar-refractivity contribution >= 4 is 37.0 Å². The molecule has 1 aromatic heterocycles. The Balaban J connectivity index is 2.19. The van der Waals surface area contributed by atoms with Gasteiger partial charge in [-0.05, 0) is 24.3 Å². The van der Waals surface area contributed by atoms with Crippen molar-refractivity contribution in [2.24, 2.45) is 0 Å². The number of anilines is 1. The molecular formula is C20H27N4O6PS. The summed E-state index contributed by atoms with van der Waals surface area (Å²) in [5.41, 5.74) is 9.66. The minimum absolute atomic E-state index is 0.144. The molecule has 0 aliphatic rings. The van der Waals surface area contributed by atoms with Crippen molar-refractivity contribution in [3.05, 3.63) is 64.1 Å². The van der Waals surface area contributed by atoms with E-state index < -0.39 is 7.82 Å². The minimum atomic E-state index is -4.60. The molecule has 0 bridgehead atoms. The smallest absolute Gasteiger partial charge is 0.383 e. The SMILES string of the molecule is C/C(=C(CCOP(=O)(O)O)/[SH]=C\OCc1ccccc1)N(C=O)Cc1cnc(C)nc1N. The zero-order valence-corrected chi connectivity index (χ0v) is 19.6. The summed E-state index contributed by atoms with van der Waals surface area (Å²) in [5.74, 6) is 0.800. The summed E-state index contributed by atoms with van der Waals surface area (Å²) in [5, 5.41) is 0. The molecule has 0 atom stereocenters. The van der Waals surface area contributed by atoms with E-state index in [1.165, 1.54) is 4.90 Å². The third-order valence-corrected chi connectivity index (χ3v) is 5.94. The highest BCUT2D eigenvalue weighted by atomic mass is 32.1. The van der Waals surface area contributed by atoms with Crippen LogP contribution in [0.4, 0.5) is 5.82 Å². The van der Waals surface area contributed by atoms with Crippen molar-refractivity contribution in [1.82, 2.24) is 14.9 Å². The van der Waals surface area contributed by atoms with Gasteiger partial charge in [-0.25, -0.2) is 14.5 Å². The van der Waals surface area contributed by atoms with E-state index in [0.717, 1.165) is 5.56 Å². The zero-order chi connectivity index (χ0) is 23.6. The predicted molar refractivity (Wildman–Crippen MR) is 124 cm³/mol. The van der Waals surface area contributed by atoms with Crippen LogP contribution >= 0.6 is 19.2 Å². The van der Waals surface area contributed by atoms with E-state index in [0.29, 0.717) is 46.4 Å². The standard InChI is InChI=1S/C20H27N4O6PS/c1-15(24(13-25)11-18-10-22-16(2)23-20(18)21)19(8-9-30-31(26,27)28)32-14-29-12-17-6-4-3-5-7-17/h3-7,10,13-14,32H,8-9,11-12H2,1-2H3,(H2,21,22,23)(H2,26,27,28)/b19-15-. The molecular weight excluding hydrogens is 455 g/mol. The van der Waals surface area contributed by atoms with Crippen LogP contribution < -0.4 is 5.73 Å². The lowest BCUT2D eigenvalue weighted by Gasteiger charge is -2.21. The fourth-order valence-electron chi connectivity index (χ4n) is 2.63. The molecule has 12 heteroatoms. The van der Waals surface area contributed by atoms with Crippen LogP contribution in [0.1, 0.15) is 30.3 Å². The Kier molecular flexibility index (Phi) is 10.2. The second-order valence-electron chi connectivity index (χ2n) is 6.70. The Morgan fingerprint density at radius 2 is 2.03 bits per heavy atom. The molecule has 0 fully saturated rings. The molecule has 0 spiro atoms. The first-order valence-electron chi connectivity index (χ1n) is 9.57. The van der Waals surface area contributed by atoms with Gasteiger partial charge in [-0.3, -0.25) is 9.32 Å². The van der Waals surface area contributed by atoms with Crippen molar-refractivity contribution < 1.29 is 28.4 Å². The molecule has 1 heterocycles. The molecule has 4 N–H and O–H groups in total. The average Bonchev–Trinajstić information content (AvgIpc) is 2.74. The molecule has 0 aliphatic heterocycles. The van der Waals surface area contributed by atoms with Crippen LogP contribution in [0.3, 0.4) is 0 Å². The molecule has 174 valence electrons. The van der Waals surface area contributed by atoms with Gasteiger partial charge in [0.25, 0.3) is 0 Å². The number of nitrogens with two attached hydrogens (primary N) is 1. The van der Waals surface area contributed by atoms with Gasteiger partial charge in [0.15, 0.2) is 0 Å². The zero-order valence-electron chi connectivity index (χ0n) is 17.8. The Morgan fingerprint density at radius 3 is 2.66 bits per heavy atom. The van der Waals surface area contributed by atoms with E-state index in [1.54, 1.807) is 25.6 Å². The van der Waals surface area contributed by atoms with E-state index in [2.05, 4.69) is 14.5 Å². The number of carbonyl (C=O) groups is 1. The molecule has 10 nitrogen and oxygen atoms in total. The third-order valence-electron chi connectivity index (χ3n) is 4.31. The lowest BCUT2D eigenvalue weighted by Crippen LogP contribution is -2.21. The van der Waals surface area contributed by atoms with Gasteiger partial charge in [-0.15, -0.1) is 11.4 Å². The van der Waals surface area contributed by atoms with E-state index in [4.69, 9.17) is 20.3 Å². The van der Waals surface area contributed by atoms with Gasteiger partial charge in [-0.1, -0.05) is 30.3 Å². The number of phosphoric ester groups is 1. The van der Waals surface area contributed by atoms with E-state index in [1.807, 2.05) is 30.3 Å². The van der Waals surface area contributed by atoms with Crippen LogP contribution in [-0.2, 0) is 31.8 Å². The molecule has 0 unspecified atom stereocenters. The number of allylic oxidation sites excluding steroid dienone is 1. The van der Waals surface area contributed by atoms with Gasteiger partial charge in [0.1, 0.15) is 11.6 Å². The summed E-state index contributed by atoms with van der Waals surface area (Å²) in [6.45, 7) is 3.73. The van der Waals surface area contributed by atoms with E-state index in [-0.39, 0.29) is 25.4 Å². The van der Waals surface area contributed by atoms with E-state index >= 15 is 0 Å². The van der Waals surface area contributed by atoms with Crippen LogP contribution in [0.15, 0.2) is 47.1 Å². The van der Waals surface area contributed by atoms with Gasteiger partial charge in [0, 0.05) is 23.9 Å². The number of hydrogen-bond acceptors (Lipinski definition) is 7. The van der Waals surface area contributed by atoms with Crippen LogP contribution in [0.2, 0.25) is 0 Å². The summed E-state index contributed by atoms with van der Waals surface area (Å²) in [6.07, 6.45) is 2.39. The second kappa shape index (κ2) is 12.6. The molecule has 2 aromatic rings. The number of amides is 1. The Bertz CT molecular complexity index is 1010. The number of aryl methyl sites for hydroxylation is 1. The van der Waals surface area contributed by atoms with Gasteiger partial charge in [0.05, 0.1) is 25.3 Å². The highest BCUT2D eigenvalue weighted by molar-refractivity contribution is 8.01. The fraction of sp³-hybridized carbons (Fsp3) is 0.300. The summed E-state index contributed by atoms with van der Waals surface area (Å²) in [7, 11) is -4.60. The summed E-state index contributed by atoms with van der Waals surface area (Å²) < 4.78 is 21.2. The minimum Gasteiger partial charge on any atom is -0.383 e. The number of benzene rings is 1. The largest absolute Gasteiger partial charge is 0.469 e. The maximum atomic E-state index is 11.8. The van der Waals surface area contributed by atoms with Crippen LogP contribution in [0.25, 0.3) is 0 Å². The highest BCUT2D eigenvalue weighted by Gasteiger charge is 2.16. The van der Waals surface area contributed by atoms with Crippen LogP contribution in [-0.4, -0.2) is 43.2 Å². The molecule has 0 saturated heterocycles. The lowest BCUT2D eigenvalue weighted by atomic mass is 10.2. The lowest BCUT2D eigenvalue weighted by molar-refractivity contribution is -0.116. The van der Waals surface area contributed by atoms with Crippen molar-refractivity contribution in [1.29, 1.82) is 0 Å². The Labute approximate surface area is 190 Å². The quantitative estimate of drug-likeness (QED) is 0.155. The number of aromatic nitrogens is 2. The van der Waals surface area contributed by atoms with Crippen molar-refractivity contribution in [2.75, 3.05) is 12.3 Å². The summed E-state index contributed by atoms with van der Waals surface area (Å²) >= 11 is 0.617. The fourth-order valence-corrected chi connectivity index (χ4v) is 3.77. The van der Waals surface area contributed by atoms with Crippen molar-refractivity contribution in [3.8, 4) is 0 Å². The molecule has 2 rings (SSSR count). The number of hydrogen-bond donors (Lipinski definition) is 4. The predicted octanol–water partition coefficient (Wildman–Crippen LogP) is 2.50. The van der Waals surface area contributed by atoms with Gasteiger partial charge in [-0.2, -0.15) is 0 Å². The monoisotopic (exact) mass is 482 g/mol. The van der Waals surface area contributed by atoms with Crippen molar-refractivity contribution in [3.63, 3.8) is 0 Å². The molecule has 1 amide bonds. The second-order valence-corrected chi connectivity index (χ2v) is 8.95. The van der Waals surface area contributed by atoms with Crippen LogP contribution in [0, 0.1) is 6.92 Å². The highest BCUT2D eigenvalue weighted by Crippen LogP contribution is 2.36. The molecule has 0 radical (unpaired) electrons. The topological polar surface area (TPSA) is 148 Å². The molecule has 0 aliphatic carbocycles. The number of phosphoric acid groups is 1. The molecule has 1 aromatic carbocycles. The number of ether oxygens (including phenoxy) is 1. The number of nitrogens with zero attached hydrogens (tertiary/aromatic N) is 3. The maximum Gasteiger partial charge on any atom is 0.469 e.